The summed E-state index contributed by atoms with van der Waals surface area (Å²) >= 11 is 1.80. The Labute approximate surface area is 103 Å². The van der Waals surface area contributed by atoms with Crippen LogP contribution in [0, 0.1) is 5.41 Å². The lowest BCUT2D eigenvalue weighted by Gasteiger charge is -2.23. The third-order valence-electron chi connectivity index (χ3n) is 2.65. The van der Waals surface area contributed by atoms with Gasteiger partial charge in [-0.25, -0.2) is 5.84 Å². The number of carbonyl (C=O) groups is 1. The Hall–Kier alpha value is -0.260. The molecule has 0 saturated heterocycles. The maximum atomic E-state index is 11.4. The first-order chi connectivity index (χ1) is 7.47. The van der Waals surface area contributed by atoms with Gasteiger partial charge in [-0.05, 0) is 13.1 Å². The fraction of sp³-hybridized carbons (Fsp3) is 0.909. The molecular formula is C11H25N3OS. The molecule has 1 amide bonds. The van der Waals surface area contributed by atoms with Crippen LogP contribution < -0.4 is 11.3 Å². The summed E-state index contributed by atoms with van der Waals surface area (Å²) in [5.41, 5.74) is 1.83. The van der Waals surface area contributed by atoms with E-state index in [-0.39, 0.29) is 11.3 Å². The second-order valence-corrected chi connectivity index (χ2v) is 5.54. The molecule has 0 aromatic heterocycles. The minimum atomic E-state index is -0.386. The van der Waals surface area contributed by atoms with Crippen molar-refractivity contribution in [1.29, 1.82) is 0 Å². The first kappa shape index (κ1) is 15.7. The number of amides is 1. The minimum Gasteiger partial charge on any atom is -0.303 e. The van der Waals surface area contributed by atoms with Gasteiger partial charge in [-0.1, -0.05) is 27.7 Å². The zero-order valence-electron chi connectivity index (χ0n) is 10.9. The highest BCUT2D eigenvalue weighted by atomic mass is 32.2. The fourth-order valence-electron chi connectivity index (χ4n) is 1.32. The van der Waals surface area contributed by atoms with Gasteiger partial charge in [0.25, 0.3) is 0 Å². The summed E-state index contributed by atoms with van der Waals surface area (Å²) in [7, 11) is 0. The Morgan fingerprint density at radius 2 is 1.94 bits per heavy atom. The number of nitrogens with zero attached hydrogens (tertiary/aromatic N) is 1. The fourth-order valence-corrected chi connectivity index (χ4v) is 2.49. The largest absolute Gasteiger partial charge is 0.303 e. The smallest absolute Gasteiger partial charge is 0.240 e. The summed E-state index contributed by atoms with van der Waals surface area (Å²) < 4.78 is 0. The van der Waals surface area contributed by atoms with Crippen LogP contribution >= 0.6 is 11.8 Å². The number of thioether (sulfide) groups is 1. The molecule has 0 aromatic carbocycles. The van der Waals surface area contributed by atoms with Gasteiger partial charge >= 0.3 is 0 Å². The van der Waals surface area contributed by atoms with Gasteiger partial charge in [0.1, 0.15) is 0 Å². The SMILES string of the molecule is CCN(CC)CCSCC(C)(C)C(=O)NN. The summed E-state index contributed by atoms with van der Waals surface area (Å²) in [6.45, 7) is 11.4. The number of nitrogens with two attached hydrogens (primary N) is 1. The first-order valence-corrected chi connectivity index (χ1v) is 6.94. The Kier molecular flexibility index (Phi) is 7.80. The zero-order valence-corrected chi connectivity index (χ0v) is 11.7. The molecule has 96 valence electrons. The molecule has 0 unspecified atom stereocenters. The van der Waals surface area contributed by atoms with Crippen LogP contribution in [0.5, 0.6) is 0 Å². The molecule has 16 heavy (non-hydrogen) atoms. The Morgan fingerprint density at radius 1 is 1.38 bits per heavy atom. The molecule has 4 nitrogen and oxygen atoms in total. The quantitative estimate of drug-likeness (QED) is 0.292. The van der Waals surface area contributed by atoms with E-state index in [4.69, 9.17) is 5.84 Å². The van der Waals surface area contributed by atoms with Gasteiger partial charge in [-0.3, -0.25) is 10.2 Å². The molecule has 0 fully saturated rings. The molecule has 0 aliphatic rings. The van der Waals surface area contributed by atoms with Crippen molar-refractivity contribution in [3.63, 3.8) is 0 Å². The van der Waals surface area contributed by atoms with E-state index >= 15 is 0 Å². The highest BCUT2D eigenvalue weighted by Gasteiger charge is 2.26. The highest BCUT2D eigenvalue weighted by Crippen LogP contribution is 2.21. The van der Waals surface area contributed by atoms with Crippen LogP contribution in [0.4, 0.5) is 0 Å². The highest BCUT2D eigenvalue weighted by molar-refractivity contribution is 7.99. The van der Waals surface area contributed by atoms with Crippen LogP contribution in [0.15, 0.2) is 0 Å². The molecule has 0 heterocycles. The van der Waals surface area contributed by atoms with Crippen LogP contribution in [0.1, 0.15) is 27.7 Å². The third-order valence-corrected chi connectivity index (χ3v) is 4.05. The average Bonchev–Trinajstić information content (AvgIpc) is 2.28. The summed E-state index contributed by atoms with van der Waals surface area (Å²) in [6, 6.07) is 0. The predicted molar refractivity (Wildman–Crippen MR) is 71.2 cm³/mol. The number of hydrogen-bond acceptors (Lipinski definition) is 4. The Balaban J connectivity index is 3.77. The van der Waals surface area contributed by atoms with E-state index in [2.05, 4.69) is 24.2 Å². The van der Waals surface area contributed by atoms with Crippen LogP contribution in [0.3, 0.4) is 0 Å². The number of rotatable bonds is 8. The molecule has 0 aliphatic carbocycles. The minimum absolute atomic E-state index is 0.0946. The summed E-state index contributed by atoms with van der Waals surface area (Å²) in [5.74, 6) is 6.90. The van der Waals surface area contributed by atoms with Crippen molar-refractivity contribution in [3.05, 3.63) is 0 Å². The molecule has 0 spiro atoms. The first-order valence-electron chi connectivity index (χ1n) is 5.79. The number of hydrogen-bond donors (Lipinski definition) is 2. The van der Waals surface area contributed by atoms with E-state index in [9.17, 15) is 4.79 Å². The molecule has 0 radical (unpaired) electrons. The van der Waals surface area contributed by atoms with Crippen LogP contribution in [-0.2, 0) is 4.79 Å². The normalized spacial score (nSPS) is 11.9. The van der Waals surface area contributed by atoms with Crippen LogP contribution in [-0.4, -0.2) is 41.9 Å². The van der Waals surface area contributed by atoms with E-state index in [1.54, 1.807) is 11.8 Å². The van der Waals surface area contributed by atoms with Crippen molar-refractivity contribution in [3.8, 4) is 0 Å². The molecule has 0 aromatic rings. The van der Waals surface area contributed by atoms with Crippen molar-refractivity contribution >= 4 is 17.7 Å². The number of hydrazine groups is 1. The zero-order chi connectivity index (χ0) is 12.6. The van der Waals surface area contributed by atoms with E-state index in [0.717, 1.165) is 31.1 Å². The molecule has 0 rings (SSSR count). The monoisotopic (exact) mass is 247 g/mol. The standard InChI is InChI=1S/C11H25N3OS/c1-5-14(6-2)7-8-16-9-11(3,4)10(15)13-12/h5-9,12H2,1-4H3,(H,13,15). The van der Waals surface area contributed by atoms with Crippen molar-refractivity contribution in [2.75, 3.05) is 31.1 Å². The predicted octanol–water partition coefficient (Wildman–Crippen LogP) is 1.08. The van der Waals surface area contributed by atoms with Gasteiger partial charge in [0.15, 0.2) is 0 Å². The average molecular weight is 247 g/mol. The lowest BCUT2D eigenvalue weighted by atomic mass is 9.96. The van der Waals surface area contributed by atoms with E-state index in [0.29, 0.717) is 0 Å². The van der Waals surface area contributed by atoms with Crippen molar-refractivity contribution in [2.24, 2.45) is 11.3 Å². The van der Waals surface area contributed by atoms with Gasteiger partial charge in [0.2, 0.25) is 5.91 Å². The summed E-state index contributed by atoms with van der Waals surface area (Å²) in [6.07, 6.45) is 0. The molecule has 0 aliphatic heterocycles. The van der Waals surface area contributed by atoms with Crippen molar-refractivity contribution in [1.82, 2.24) is 10.3 Å². The number of carbonyl (C=O) groups excluding carboxylic acids is 1. The van der Waals surface area contributed by atoms with E-state index in [1.165, 1.54) is 0 Å². The van der Waals surface area contributed by atoms with Crippen LogP contribution in [0.2, 0.25) is 0 Å². The molecule has 5 heteroatoms. The third kappa shape index (κ3) is 5.72. The lowest BCUT2D eigenvalue weighted by Crippen LogP contribution is -2.42. The van der Waals surface area contributed by atoms with E-state index < -0.39 is 0 Å². The molecule has 3 N–H and O–H groups in total. The molecule has 0 atom stereocenters. The van der Waals surface area contributed by atoms with Crippen LogP contribution in [0.25, 0.3) is 0 Å². The van der Waals surface area contributed by atoms with Crippen molar-refractivity contribution < 1.29 is 4.79 Å². The Morgan fingerprint density at radius 3 is 2.38 bits per heavy atom. The number of nitrogens with one attached hydrogen (secondary N) is 1. The van der Waals surface area contributed by atoms with Crippen molar-refractivity contribution in [2.45, 2.75) is 27.7 Å². The molecule has 0 bridgehead atoms. The topological polar surface area (TPSA) is 58.4 Å². The lowest BCUT2D eigenvalue weighted by molar-refractivity contribution is -0.128. The second-order valence-electron chi connectivity index (χ2n) is 4.44. The van der Waals surface area contributed by atoms with Gasteiger partial charge in [-0.2, -0.15) is 11.8 Å². The molecule has 0 saturated carbocycles. The molecular weight excluding hydrogens is 222 g/mol. The van der Waals surface area contributed by atoms with Gasteiger partial charge in [-0.15, -0.1) is 0 Å². The maximum Gasteiger partial charge on any atom is 0.240 e. The van der Waals surface area contributed by atoms with Gasteiger partial charge < -0.3 is 4.90 Å². The second kappa shape index (κ2) is 7.92. The summed E-state index contributed by atoms with van der Waals surface area (Å²) in [4.78, 5) is 13.8. The maximum absolute atomic E-state index is 11.4. The Bertz CT molecular complexity index is 205. The van der Waals surface area contributed by atoms with Gasteiger partial charge in [0, 0.05) is 18.1 Å². The van der Waals surface area contributed by atoms with Gasteiger partial charge in [0.05, 0.1) is 5.41 Å². The summed E-state index contributed by atoms with van der Waals surface area (Å²) in [5, 5.41) is 0. The van der Waals surface area contributed by atoms with E-state index in [1.807, 2.05) is 13.8 Å².